The zero-order valence-corrected chi connectivity index (χ0v) is 62.3. The van der Waals surface area contributed by atoms with Gasteiger partial charge < -0.3 is 10.2 Å². The molecular weight excluding hydrogens is 1410 g/mol. The molecule has 22 aromatic carbocycles. The van der Waals surface area contributed by atoms with Crippen LogP contribution in [0.4, 0.5) is 28.4 Å². The summed E-state index contributed by atoms with van der Waals surface area (Å²) in [6.07, 6.45) is 0. The summed E-state index contributed by atoms with van der Waals surface area (Å²) in [7, 11) is 0. The van der Waals surface area contributed by atoms with E-state index >= 15 is 0 Å². The van der Waals surface area contributed by atoms with Crippen LogP contribution < -0.4 is 10.2 Å². The molecule has 1 N–H and O–H groups in total. The topological polar surface area (TPSA) is 15.3 Å². The molecule has 22 rings (SSSR count). The van der Waals surface area contributed by atoms with Crippen molar-refractivity contribution in [2.75, 3.05) is 10.2 Å². The number of anilines is 5. The molecule has 0 saturated heterocycles. The SMILES string of the molecule is Brc1ccc2c(ccc3ccccc32)c1.c1cc(-c2cc3ccccc3c3ccccc23)cc(N(c2cccc(-c3cc4ccccc4c4ccccc34)c2)c2ccc3c(ccc4ccccc43)c2)c1.c1cc(Nc2cccc(-c3cc4ccccc4c4ccccc34)c2)cc(-c2cc3ccccc3c3ccccc23)c1. The smallest absolute Gasteiger partial charge is 0.0468 e. The number of hydrogen-bond donors (Lipinski definition) is 1. The summed E-state index contributed by atoms with van der Waals surface area (Å²) < 4.78 is 1.13. The lowest BCUT2D eigenvalue weighted by molar-refractivity contribution is 1.29. The zero-order chi connectivity index (χ0) is 73.7. The molecule has 0 bridgehead atoms. The van der Waals surface area contributed by atoms with Gasteiger partial charge >= 0.3 is 0 Å². The molecule has 0 aromatic heterocycles. The minimum absolute atomic E-state index is 1.07. The van der Waals surface area contributed by atoms with Gasteiger partial charge in [0, 0.05) is 32.9 Å². The first-order chi connectivity index (χ1) is 54.9. The lowest BCUT2D eigenvalue weighted by atomic mass is 9.92. The highest BCUT2D eigenvalue weighted by Crippen LogP contribution is 2.45. The van der Waals surface area contributed by atoms with E-state index in [0.29, 0.717) is 0 Å². The van der Waals surface area contributed by atoms with Gasteiger partial charge in [0.2, 0.25) is 0 Å². The Morgan fingerprint density at radius 2 is 0.414 bits per heavy atom. The third-order valence-electron chi connectivity index (χ3n) is 22.2. The molecule has 0 amide bonds. The minimum atomic E-state index is 1.07. The molecule has 3 heteroatoms. The molecule has 0 aliphatic rings. The Morgan fingerprint density at radius 3 is 0.784 bits per heavy atom. The van der Waals surface area contributed by atoms with Gasteiger partial charge in [-0.25, -0.2) is 0 Å². The minimum Gasteiger partial charge on any atom is -0.355 e. The van der Waals surface area contributed by atoms with E-state index in [0.717, 1.165) is 32.9 Å². The first-order valence-electron chi connectivity index (χ1n) is 38.0. The average molecular weight is 1480 g/mol. The summed E-state index contributed by atoms with van der Waals surface area (Å²) in [6, 6.07) is 154. The van der Waals surface area contributed by atoms with Crippen molar-refractivity contribution in [3.05, 3.63) is 429 Å². The van der Waals surface area contributed by atoms with E-state index < -0.39 is 0 Å². The molecule has 22 aromatic rings. The van der Waals surface area contributed by atoms with Crippen LogP contribution in [-0.2, 0) is 0 Å². The Balaban J connectivity index is 0.000000125. The second-order valence-electron chi connectivity index (χ2n) is 28.8. The quantitative estimate of drug-likeness (QED) is 0.145. The third kappa shape index (κ3) is 12.6. The van der Waals surface area contributed by atoms with E-state index in [1.54, 1.807) is 0 Å². The van der Waals surface area contributed by atoms with Gasteiger partial charge in [-0.1, -0.05) is 344 Å². The summed E-state index contributed by atoms with van der Waals surface area (Å²) in [5.74, 6) is 0. The van der Waals surface area contributed by atoms with Gasteiger partial charge in [-0.05, 0) is 271 Å². The second-order valence-corrected chi connectivity index (χ2v) is 29.7. The Bertz CT molecular complexity index is 7100. The van der Waals surface area contributed by atoms with Gasteiger partial charge in [-0.15, -0.1) is 0 Å². The van der Waals surface area contributed by atoms with Gasteiger partial charge in [0.1, 0.15) is 0 Å². The van der Waals surface area contributed by atoms with E-state index in [1.165, 1.54) is 174 Å². The molecule has 111 heavy (non-hydrogen) atoms. The summed E-state index contributed by atoms with van der Waals surface area (Å²) in [4.78, 5) is 2.42. The van der Waals surface area contributed by atoms with Crippen molar-refractivity contribution in [1.29, 1.82) is 0 Å². The molecule has 0 radical (unpaired) electrons. The molecular formula is C108H71BrN2. The Kier molecular flexibility index (Phi) is 17.2. The van der Waals surface area contributed by atoms with Crippen molar-refractivity contribution in [3.8, 4) is 44.5 Å². The maximum Gasteiger partial charge on any atom is 0.0468 e. The number of hydrogen-bond acceptors (Lipinski definition) is 2. The van der Waals surface area contributed by atoms with Crippen molar-refractivity contribution in [3.63, 3.8) is 0 Å². The first kappa shape index (κ1) is 66.5. The monoisotopic (exact) mass is 1470 g/mol. The molecule has 0 saturated carbocycles. The predicted molar refractivity (Wildman–Crippen MR) is 483 cm³/mol. The summed E-state index contributed by atoms with van der Waals surface area (Å²) in [5.41, 5.74) is 15.2. The van der Waals surface area contributed by atoms with Gasteiger partial charge in [-0.3, -0.25) is 0 Å². The van der Waals surface area contributed by atoms with Gasteiger partial charge in [0.05, 0.1) is 0 Å². The number of halogens is 1. The van der Waals surface area contributed by atoms with Crippen molar-refractivity contribution < 1.29 is 0 Å². The molecule has 0 aliphatic carbocycles. The maximum absolute atomic E-state index is 3.69. The molecule has 0 spiro atoms. The zero-order valence-electron chi connectivity index (χ0n) is 60.7. The Morgan fingerprint density at radius 1 is 0.162 bits per heavy atom. The predicted octanol–water partition coefficient (Wildman–Crippen LogP) is 31.5. The van der Waals surface area contributed by atoms with Crippen molar-refractivity contribution in [1.82, 2.24) is 0 Å². The number of nitrogens with zero attached hydrogens (tertiary/aromatic N) is 1. The first-order valence-corrected chi connectivity index (χ1v) is 38.8. The van der Waals surface area contributed by atoms with Crippen molar-refractivity contribution >= 4 is 174 Å². The highest BCUT2D eigenvalue weighted by molar-refractivity contribution is 9.10. The van der Waals surface area contributed by atoms with Crippen LogP contribution in [0.5, 0.6) is 0 Å². The Labute approximate surface area is 652 Å². The van der Waals surface area contributed by atoms with E-state index in [2.05, 4.69) is 451 Å². The fourth-order valence-electron chi connectivity index (χ4n) is 17.1. The summed E-state index contributed by atoms with van der Waals surface area (Å²) >= 11 is 3.50. The van der Waals surface area contributed by atoms with Crippen LogP contribution in [-0.4, -0.2) is 0 Å². The number of nitrogens with one attached hydrogen (secondary N) is 1. The molecule has 0 atom stereocenters. The van der Waals surface area contributed by atoms with Gasteiger partial charge in [0.15, 0.2) is 0 Å². The maximum atomic E-state index is 3.69. The van der Waals surface area contributed by atoms with Gasteiger partial charge in [-0.2, -0.15) is 0 Å². The van der Waals surface area contributed by atoms with E-state index in [9.17, 15) is 0 Å². The van der Waals surface area contributed by atoms with Crippen LogP contribution in [0.2, 0.25) is 0 Å². The van der Waals surface area contributed by atoms with Crippen molar-refractivity contribution in [2.24, 2.45) is 0 Å². The van der Waals surface area contributed by atoms with E-state index in [-0.39, 0.29) is 0 Å². The van der Waals surface area contributed by atoms with Crippen LogP contribution in [0.15, 0.2) is 429 Å². The van der Waals surface area contributed by atoms with Crippen LogP contribution >= 0.6 is 15.9 Å². The fourth-order valence-corrected chi connectivity index (χ4v) is 17.4. The van der Waals surface area contributed by atoms with Crippen LogP contribution in [0.1, 0.15) is 0 Å². The van der Waals surface area contributed by atoms with Crippen molar-refractivity contribution in [2.45, 2.75) is 0 Å². The fraction of sp³-hybridized carbons (Fsp3) is 0. The summed E-state index contributed by atoms with van der Waals surface area (Å²) in [6.45, 7) is 0. The van der Waals surface area contributed by atoms with E-state index in [4.69, 9.17) is 0 Å². The number of fused-ring (bicyclic) bond motifs is 18. The number of rotatable bonds is 9. The molecule has 2 nitrogen and oxygen atoms in total. The van der Waals surface area contributed by atoms with Crippen LogP contribution in [0, 0.1) is 0 Å². The average Bonchev–Trinajstić information content (AvgIpc) is 0.762. The highest BCUT2D eigenvalue weighted by Gasteiger charge is 2.20. The molecule has 0 unspecified atom stereocenters. The second kappa shape index (κ2) is 28.6. The summed E-state index contributed by atoms with van der Waals surface area (Å²) in [5, 5.41) is 34.2. The highest BCUT2D eigenvalue weighted by atomic mass is 79.9. The Hall–Kier alpha value is -14.0. The molecule has 0 fully saturated rings. The normalized spacial score (nSPS) is 11.5. The van der Waals surface area contributed by atoms with Gasteiger partial charge in [0.25, 0.3) is 0 Å². The standard InChI is InChI=1S/C54H35N.C40H27N.C14H9Br/c1-4-20-45-36(13-1)27-28-41-33-44(29-30-48(41)45)55(42-18-11-16-37(31-42)53-34-39-14-2-5-21-46(39)49-23-7-9-25-51(49)53)43-19-12-17-38(32-43)54-35-40-15-3-6-22-47(40)50-24-8-10-26-52(50)54;1-3-17-33-29(11-1)25-39(37-21-7-5-19-35(33)37)27-13-9-15-31(23-27)41-32-16-10-14-28(24-32)40-26-30-12-2-4-18-34(30)36-20-6-8-22-38(36)40;15-12-7-8-14-11(9-12)6-5-10-3-1-2-4-13(10)14/h1-35H;1-26,41H;1-9H. The largest absolute Gasteiger partial charge is 0.355 e. The molecule has 0 heterocycles. The van der Waals surface area contributed by atoms with Crippen LogP contribution in [0.25, 0.3) is 174 Å². The lowest BCUT2D eigenvalue weighted by Crippen LogP contribution is -2.10. The lowest BCUT2D eigenvalue weighted by Gasteiger charge is -2.27. The number of benzene rings is 22. The van der Waals surface area contributed by atoms with E-state index in [1.807, 2.05) is 0 Å². The molecule has 520 valence electrons. The van der Waals surface area contributed by atoms with Crippen LogP contribution in [0.3, 0.4) is 0 Å². The molecule has 0 aliphatic heterocycles. The third-order valence-corrected chi connectivity index (χ3v) is 22.7.